The Kier molecular flexibility index (Phi) is 6.46. The Morgan fingerprint density at radius 1 is 1.21 bits per heavy atom. The minimum Gasteiger partial charge on any atom is -0.469 e. The molecule has 2 heteroatoms. The molecular formula is C12H18O2. The summed E-state index contributed by atoms with van der Waals surface area (Å²) in [6, 6.07) is 10.5. The van der Waals surface area contributed by atoms with Crippen molar-refractivity contribution in [2.45, 2.75) is 26.7 Å². The van der Waals surface area contributed by atoms with Gasteiger partial charge in [0.15, 0.2) is 0 Å². The van der Waals surface area contributed by atoms with Crippen LogP contribution in [0.25, 0.3) is 0 Å². The first-order chi connectivity index (χ1) is 6.57. The van der Waals surface area contributed by atoms with Crippen molar-refractivity contribution in [1.29, 1.82) is 0 Å². The monoisotopic (exact) mass is 194 g/mol. The summed E-state index contributed by atoms with van der Waals surface area (Å²) in [5.41, 5.74) is 1.41. The summed E-state index contributed by atoms with van der Waals surface area (Å²) < 4.78 is 4.11. The third-order valence-electron chi connectivity index (χ3n) is 1.75. The molecule has 0 aliphatic rings. The molecule has 0 bridgehead atoms. The summed E-state index contributed by atoms with van der Waals surface area (Å²) in [6.07, 6.45) is 0. The Morgan fingerprint density at radius 3 is 1.86 bits per heavy atom. The van der Waals surface area contributed by atoms with Gasteiger partial charge in [-0.05, 0) is 11.5 Å². The van der Waals surface area contributed by atoms with Crippen LogP contribution in [0.4, 0.5) is 0 Å². The van der Waals surface area contributed by atoms with Gasteiger partial charge in [-0.3, -0.25) is 4.79 Å². The van der Waals surface area contributed by atoms with E-state index in [0.717, 1.165) is 0 Å². The minimum atomic E-state index is -0.245. The van der Waals surface area contributed by atoms with Crippen molar-refractivity contribution in [3.8, 4) is 0 Å². The van der Waals surface area contributed by atoms with Gasteiger partial charge in [-0.25, -0.2) is 0 Å². The molecule has 0 amide bonds. The first-order valence-electron chi connectivity index (χ1n) is 4.67. The van der Waals surface area contributed by atoms with Crippen LogP contribution in [0.5, 0.6) is 0 Å². The van der Waals surface area contributed by atoms with E-state index in [1.165, 1.54) is 19.6 Å². The number of ether oxygens (including phenoxy) is 1. The number of hydrogen-bond donors (Lipinski definition) is 0. The minimum absolute atomic E-state index is 0.245. The summed E-state index contributed by atoms with van der Waals surface area (Å²) in [6.45, 7) is 5.77. The van der Waals surface area contributed by atoms with Crippen LogP contribution in [0.3, 0.4) is 0 Å². The lowest BCUT2D eigenvalue weighted by Crippen LogP contribution is -1.88. The molecule has 0 saturated heterocycles. The van der Waals surface area contributed by atoms with Crippen molar-refractivity contribution in [1.82, 2.24) is 0 Å². The molecule has 0 N–H and O–H groups in total. The Balaban J connectivity index is 0.000000292. The smallest absolute Gasteiger partial charge is 0.302 e. The van der Waals surface area contributed by atoms with Gasteiger partial charge in [0, 0.05) is 6.92 Å². The van der Waals surface area contributed by atoms with E-state index < -0.39 is 0 Å². The van der Waals surface area contributed by atoms with Crippen molar-refractivity contribution in [3.63, 3.8) is 0 Å². The largest absolute Gasteiger partial charge is 0.469 e. The van der Waals surface area contributed by atoms with Gasteiger partial charge in [-0.2, -0.15) is 0 Å². The van der Waals surface area contributed by atoms with E-state index in [0.29, 0.717) is 5.92 Å². The SMILES string of the molecule is CC(C)c1ccccc1.COC(C)=O. The predicted octanol–water partition coefficient (Wildman–Crippen LogP) is 2.99. The lowest BCUT2D eigenvalue weighted by Gasteiger charge is -2.01. The first-order valence-corrected chi connectivity index (χ1v) is 4.67. The van der Waals surface area contributed by atoms with E-state index in [1.807, 2.05) is 6.07 Å². The Hall–Kier alpha value is -1.31. The standard InChI is InChI=1S/C9H12.C3H6O2/c1-8(2)9-6-4-3-5-7-9;1-3(4)5-2/h3-8H,1-2H3;1-2H3. The predicted molar refractivity (Wildman–Crippen MR) is 58.2 cm³/mol. The molecule has 0 spiro atoms. The molecule has 1 aromatic rings. The molecule has 2 nitrogen and oxygen atoms in total. The van der Waals surface area contributed by atoms with Gasteiger partial charge in [0.05, 0.1) is 7.11 Å². The molecule has 0 fully saturated rings. The van der Waals surface area contributed by atoms with E-state index in [-0.39, 0.29) is 5.97 Å². The van der Waals surface area contributed by atoms with Crippen LogP contribution in [0, 0.1) is 0 Å². The molecule has 78 valence electrons. The molecule has 0 saturated carbocycles. The molecule has 0 radical (unpaired) electrons. The van der Waals surface area contributed by atoms with Crippen molar-refractivity contribution < 1.29 is 9.53 Å². The van der Waals surface area contributed by atoms with Crippen LogP contribution in [0.1, 0.15) is 32.3 Å². The fourth-order valence-corrected chi connectivity index (χ4v) is 0.838. The number of esters is 1. The Labute approximate surface area is 85.9 Å². The fourth-order valence-electron chi connectivity index (χ4n) is 0.838. The van der Waals surface area contributed by atoms with Crippen molar-refractivity contribution >= 4 is 5.97 Å². The third kappa shape index (κ3) is 6.23. The van der Waals surface area contributed by atoms with Crippen LogP contribution in [-0.4, -0.2) is 13.1 Å². The average molecular weight is 194 g/mol. The van der Waals surface area contributed by atoms with Crippen LogP contribution in [-0.2, 0) is 9.53 Å². The van der Waals surface area contributed by atoms with E-state index in [4.69, 9.17) is 0 Å². The van der Waals surface area contributed by atoms with Crippen LogP contribution >= 0.6 is 0 Å². The highest BCUT2D eigenvalue weighted by molar-refractivity contribution is 5.65. The zero-order chi connectivity index (χ0) is 11.0. The quantitative estimate of drug-likeness (QED) is 0.642. The van der Waals surface area contributed by atoms with E-state index in [2.05, 4.69) is 42.8 Å². The van der Waals surface area contributed by atoms with Gasteiger partial charge in [0.1, 0.15) is 0 Å². The molecule has 1 aromatic carbocycles. The summed E-state index contributed by atoms with van der Waals surface area (Å²) in [4.78, 5) is 9.59. The third-order valence-corrected chi connectivity index (χ3v) is 1.75. The van der Waals surface area contributed by atoms with Gasteiger partial charge in [0.25, 0.3) is 0 Å². The highest BCUT2D eigenvalue weighted by Crippen LogP contribution is 2.11. The van der Waals surface area contributed by atoms with E-state index in [9.17, 15) is 4.79 Å². The maximum absolute atomic E-state index is 9.59. The molecule has 0 aliphatic heterocycles. The molecular weight excluding hydrogens is 176 g/mol. The van der Waals surface area contributed by atoms with Crippen LogP contribution < -0.4 is 0 Å². The first kappa shape index (κ1) is 12.7. The molecule has 14 heavy (non-hydrogen) atoms. The van der Waals surface area contributed by atoms with Gasteiger partial charge in [0.2, 0.25) is 0 Å². The topological polar surface area (TPSA) is 26.3 Å². The number of benzene rings is 1. The molecule has 0 unspecified atom stereocenters. The second kappa shape index (κ2) is 7.13. The summed E-state index contributed by atoms with van der Waals surface area (Å²) in [5, 5.41) is 0. The number of carbonyl (C=O) groups excluding carboxylic acids is 1. The number of hydrogen-bond acceptors (Lipinski definition) is 2. The fraction of sp³-hybridized carbons (Fsp3) is 0.417. The molecule has 0 atom stereocenters. The van der Waals surface area contributed by atoms with Gasteiger partial charge in [-0.1, -0.05) is 44.2 Å². The average Bonchev–Trinajstić information content (AvgIpc) is 2.20. The normalized spacial score (nSPS) is 8.93. The van der Waals surface area contributed by atoms with Gasteiger partial charge < -0.3 is 4.74 Å². The summed E-state index contributed by atoms with van der Waals surface area (Å²) in [5.74, 6) is 0.413. The lowest BCUT2D eigenvalue weighted by atomic mass is 10.0. The highest BCUT2D eigenvalue weighted by atomic mass is 16.5. The lowest BCUT2D eigenvalue weighted by molar-refractivity contribution is -0.137. The second-order valence-electron chi connectivity index (χ2n) is 3.26. The maximum atomic E-state index is 9.59. The van der Waals surface area contributed by atoms with Gasteiger partial charge >= 0.3 is 5.97 Å². The summed E-state index contributed by atoms with van der Waals surface area (Å²) >= 11 is 0. The van der Waals surface area contributed by atoms with Crippen molar-refractivity contribution in [2.24, 2.45) is 0 Å². The number of methoxy groups -OCH3 is 1. The zero-order valence-electron chi connectivity index (χ0n) is 9.28. The molecule has 0 heterocycles. The molecule has 0 aromatic heterocycles. The zero-order valence-corrected chi connectivity index (χ0v) is 9.28. The Bertz CT molecular complexity index is 252. The second-order valence-corrected chi connectivity index (χ2v) is 3.26. The van der Waals surface area contributed by atoms with Crippen molar-refractivity contribution in [3.05, 3.63) is 35.9 Å². The summed E-state index contributed by atoms with van der Waals surface area (Å²) in [7, 11) is 1.35. The molecule has 1 rings (SSSR count). The number of carbonyl (C=O) groups is 1. The van der Waals surface area contributed by atoms with Gasteiger partial charge in [-0.15, -0.1) is 0 Å². The maximum Gasteiger partial charge on any atom is 0.302 e. The van der Waals surface area contributed by atoms with Crippen molar-refractivity contribution in [2.75, 3.05) is 7.11 Å². The van der Waals surface area contributed by atoms with Crippen LogP contribution in [0.15, 0.2) is 30.3 Å². The molecule has 0 aliphatic carbocycles. The number of rotatable bonds is 1. The highest BCUT2D eigenvalue weighted by Gasteiger charge is 1.93. The van der Waals surface area contributed by atoms with E-state index >= 15 is 0 Å². The van der Waals surface area contributed by atoms with Crippen LogP contribution in [0.2, 0.25) is 0 Å². The van der Waals surface area contributed by atoms with E-state index in [1.54, 1.807) is 0 Å². The Morgan fingerprint density at radius 2 is 1.64 bits per heavy atom.